The molecule has 34 heavy (non-hydrogen) atoms. The molecule has 0 amide bonds. The Bertz CT molecular complexity index is 1720. The number of benzene rings is 3. The zero-order valence-electron chi connectivity index (χ0n) is 31.6. The van der Waals surface area contributed by atoms with Crippen molar-refractivity contribution in [3.63, 3.8) is 0 Å². The average Bonchev–Trinajstić information content (AvgIpc) is 2.88. The van der Waals surface area contributed by atoms with Crippen molar-refractivity contribution in [3.05, 3.63) is 82.5 Å². The molecule has 0 saturated carbocycles. The highest BCUT2D eigenvalue weighted by molar-refractivity contribution is 5.91. The van der Waals surface area contributed by atoms with Gasteiger partial charge in [-0.15, -0.1) is 0 Å². The van der Waals surface area contributed by atoms with E-state index < -0.39 is 49.2 Å². The maximum absolute atomic E-state index is 8.81. The molecule has 1 heterocycles. The van der Waals surface area contributed by atoms with Crippen LogP contribution in [0.5, 0.6) is 0 Å². The normalized spacial score (nSPS) is 18.7. The lowest BCUT2D eigenvalue weighted by Crippen LogP contribution is -2.12. The van der Waals surface area contributed by atoms with Gasteiger partial charge in [0.25, 0.3) is 0 Å². The number of hydrogen-bond donors (Lipinski definition) is 0. The van der Waals surface area contributed by atoms with Crippen LogP contribution in [0.15, 0.2) is 54.6 Å². The second-order valence-corrected chi connectivity index (χ2v) is 10.8. The second-order valence-electron chi connectivity index (χ2n) is 10.8. The van der Waals surface area contributed by atoms with Crippen molar-refractivity contribution in [3.8, 4) is 22.4 Å². The SMILES string of the molecule is [2H]C([2H])([2H])c1cc(C([2H])([2H])C(C)(C)C)cc(C([2H])([2H])[2H])c1-c1cc(-c2cc(C(C)(C)C)c3ccccc3c2)nnc1C([2H])([2H])[2H]. The molecule has 4 rings (SSSR count). The van der Waals surface area contributed by atoms with Crippen LogP contribution in [0.1, 0.15) is 84.6 Å². The molecule has 0 unspecified atom stereocenters. The van der Waals surface area contributed by atoms with E-state index in [2.05, 4.69) is 31.0 Å². The first kappa shape index (κ1) is 13.8. The van der Waals surface area contributed by atoms with Crippen LogP contribution in [0.2, 0.25) is 0 Å². The Hall–Kier alpha value is -3.00. The molecule has 0 radical (unpaired) electrons. The van der Waals surface area contributed by atoms with E-state index in [4.69, 9.17) is 15.1 Å². The van der Waals surface area contributed by atoms with Crippen LogP contribution in [-0.2, 0) is 11.8 Å². The van der Waals surface area contributed by atoms with Crippen molar-refractivity contribution in [2.24, 2.45) is 5.41 Å². The van der Waals surface area contributed by atoms with Gasteiger partial charge in [0.15, 0.2) is 0 Å². The van der Waals surface area contributed by atoms with Gasteiger partial charge in [0.1, 0.15) is 0 Å². The summed E-state index contributed by atoms with van der Waals surface area (Å²) in [6.45, 7) is 2.35. The fourth-order valence-corrected chi connectivity index (χ4v) is 4.24. The van der Waals surface area contributed by atoms with Crippen LogP contribution in [0.4, 0.5) is 0 Å². The van der Waals surface area contributed by atoms with Crippen molar-refractivity contribution in [1.82, 2.24) is 10.2 Å². The summed E-state index contributed by atoms with van der Waals surface area (Å²) >= 11 is 0. The maximum atomic E-state index is 8.81. The first-order chi connectivity index (χ1) is 20.2. The van der Waals surface area contributed by atoms with E-state index in [0.29, 0.717) is 5.56 Å². The molecule has 0 aliphatic rings. The number of nitrogens with zero attached hydrogens (tertiary/aromatic N) is 2. The molecule has 1 aromatic heterocycles. The predicted octanol–water partition coefficient (Wildman–Crippen LogP) is 8.78. The molecule has 2 nitrogen and oxygen atoms in total. The molecule has 0 aliphatic carbocycles. The zero-order valence-corrected chi connectivity index (χ0v) is 20.6. The highest BCUT2D eigenvalue weighted by Crippen LogP contribution is 2.37. The molecule has 0 fully saturated rings. The number of hydrogen-bond acceptors (Lipinski definition) is 2. The maximum Gasteiger partial charge on any atom is 0.0936 e. The summed E-state index contributed by atoms with van der Waals surface area (Å²) in [6.07, 6.45) is -2.13. The van der Waals surface area contributed by atoms with Gasteiger partial charge >= 0.3 is 0 Å². The quantitative estimate of drug-likeness (QED) is 0.305. The number of fused-ring (bicyclic) bond motifs is 1. The van der Waals surface area contributed by atoms with Crippen LogP contribution in [0.25, 0.3) is 33.2 Å². The van der Waals surface area contributed by atoms with E-state index in [1.807, 2.05) is 36.4 Å². The molecule has 4 aromatic rings. The first-order valence-electron chi connectivity index (χ1n) is 16.9. The van der Waals surface area contributed by atoms with Crippen LogP contribution in [-0.4, -0.2) is 10.2 Å². The van der Waals surface area contributed by atoms with Crippen molar-refractivity contribution in [2.45, 2.75) is 73.9 Å². The Balaban J connectivity index is 2.18. The van der Waals surface area contributed by atoms with Gasteiger partial charge in [-0.3, -0.25) is 0 Å². The standard InChI is InChI=1S/C32H38N2/c1-20-14-23(19-31(4,5)6)15-21(2)30(20)27-18-29(34-33-22(27)3)25-16-24-12-10-11-13-26(24)28(17-25)32(7,8)9/h10-18H,19H2,1-9H3/i1D3,2D3,3D3,19D2. The third-order valence-electron chi connectivity index (χ3n) is 5.69. The van der Waals surface area contributed by atoms with Crippen LogP contribution in [0.3, 0.4) is 0 Å². The predicted molar refractivity (Wildman–Crippen MR) is 146 cm³/mol. The van der Waals surface area contributed by atoms with Gasteiger partial charge in [-0.25, -0.2) is 0 Å². The summed E-state index contributed by atoms with van der Waals surface area (Å²) in [6, 6.07) is 15.3. The number of aryl methyl sites for hydroxylation is 3. The third kappa shape index (κ3) is 4.92. The topological polar surface area (TPSA) is 25.8 Å². The van der Waals surface area contributed by atoms with Crippen LogP contribution >= 0.6 is 0 Å². The summed E-state index contributed by atoms with van der Waals surface area (Å²) in [5, 5.41) is 10.3. The molecule has 0 spiro atoms. The lowest BCUT2D eigenvalue weighted by atomic mass is 9.82. The molecule has 0 aliphatic heterocycles. The van der Waals surface area contributed by atoms with E-state index >= 15 is 0 Å². The summed E-state index contributed by atoms with van der Waals surface area (Å²) in [5.41, 5.74) is -1.64. The molecule has 0 bridgehead atoms. The summed E-state index contributed by atoms with van der Waals surface area (Å²) in [7, 11) is 0. The third-order valence-corrected chi connectivity index (χ3v) is 5.69. The molecule has 0 saturated heterocycles. The number of rotatable bonds is 3. The van der Waals surface area contributed by atoms with Gasteiger partial charge in [-0.05, 0) is 94.5 Å². The van der Waals surface area contributed by atoms with Gasteiger partial charge in [-0.2, -0.15) is 10.2 Å². The zero-order chi connectivity index (χ0) is 34.1. The largest absolute Gasteiger partial charge is 0.155 e. The Morgan fingerprint density at radius 3 is 2.15 bits per heavy atom. The molecule has 0 N–H and O–H groups in total. The monoisotopic (exact) mass is 461 g/mol. The highest BCUT2D eigenvalue weighted by Gasteiger charge is 2.20. The fourth-order valence-electron chi connectivity index (χ4n) is 4.24. The smallest absolute Gasteiger partial charge is 0.0936 e. The van der Waals surface area contributed by atoms with E-state index in [1.165, 1.54) is 6.07 Å². The van der Waals surface area contributed by atoms with E-state index in [0.717, 1.165) is 28.5 Å². The number of aromatic nitrogens is 2. The minimum atomic E-state index is -2.93. The average molecular weight is 462 g/mol. The fraction of sp³-hybridized carbons (Fsp3) is 0.375. The van der Waals surface area contributed by atoms with E-state index in [-0.39, 0.29) is 27.8 Å². The highest BCUT2D eigenvalue weighted by atomic mass is 15.1. The Labute approximate surface area is 220 Å². The van der Waals surface area contributed by atoms with Crippen LogP contribution < -0.4 is 0 Å². The summed E-state index contributed by atoms with van der Waals surface area (Å²) < 4.78 is 92.7. The molecular weight excluding hydrogens is 412 g/mol. The van der Waals surface area contributed by atoms with Crippen molar-refractivity contribution in [2.75, 3.05) is 0 Å². The molecule has 0 atom stereocenters. The second kappa shape index (κ2) is 8.65. The van der Waals surface area contributed by atoms with Crippen molar-refractivity contribution < 1.29 is 15.1 Å². The molecule has 2 heteroatoms. The molecule has 3 aromatic carbocycles. The van der Waals surface area contributed by atoms with Crippen molar-refractivity contribution >= 4 is 10.8 Å². The minimum absolute atomic E-state index is 0.127. The van der Waals surface area contributed by atoms with Gasteiger partial charge in [0.2, 0.25) is 0 Å². The van der Waals surface area contributed by atoms with E-state index in [9.17, 15) is 0 Å². The van der Waals surface area contributed by atoms with Gasteiger partial charge in [0.05, 0.1) is 11.4 Å². The van der Waals surface area contributed by atoms with Gasteiger partial charge in [0, 0.05) is 26.2 Å². The van der Waals surface area contributed by atoms with Gasteiger partial charge < -0.3 is 0 Å². The molecular formula is C32H38N2. The lowest BCUT2D eigenvalue weighted by Gasteiger charge is -2.23. The van der Waals surface area contributed by atoms with Crippen molar-refractivity contribution in [1.29, 1.82) is 0 Å². The minimum Gasteiger partial charge on any atom is -0.155 e. The summed E-state index contributed by atoms with van der Waals surface area (Å²) in [5.74, 6) is 0. The van der Waals surface area contributed by atoms with Gasteiger partial charge in [-0.1, -0.05) is 77.9 Å². The molecule has 176 valence electrons. The Morgan fingerprint density at radius 1 is 0.824 bits per heavy atom. The summed E-state index contributed by atoms with van der Waals surface area (Å²) in [4.78, 5) is 0. The lowest BCUT2D eigenvalue weighted by molar-refractivity contribution is 0.411. The van der Waals surface area contributed by atoms with E-state index in [1.54, 1.807) is 20.8 Å². The first-order valence-corrected chi connectivity index (χ1v) is 11.4. The Morgan fingerprint density at radius 2 is 1.53 bits per heavy atom. The Kier molecular flexibility index (Phi) is 3.51. The van der Waals surface area contributed by atoms with Crippen LogP contribution in [0, 0.1) is 26.0 Å².